The quantitative estimate of drug-likeness (QED) is 0.711. The molecule has 1 saturated heterocycles. The fourth-order valence-electron chi connectivity index (χ4n) is 3.17. The van der Waals surface area contributed by atoms with Crippen LogP contribution in [0.25, 0.3) is 11.5 Å². The lowest BCUT2D eigenvalue weighted by molar-refractivity contribution is 0.215. The first-order valence-electron chi connectivity index (χ1n) is 7.96. The number of aryl methyl sites for hydroxylation is 1. The monoisotopic (exact) mass is 325 g/mol. The molecule has 118 valence electrons. The van der Waals surface area contributed by atoms with Gasteiger partial charge < -0.3 is 4.42 Å². The number of hydrogen-bond donors (Lipinski definition) is 0. The van der Waals surface area contributed by atoms with Gasteiger partial charge in [-0.1, -0.05) is 24.3 Å². The van der Waals surface area contributed by atoms with Gasteiger partial charge in [-0.25, -0.2) is 0 Å². The van der Waals surface area contributed by atoms with Crippen LogP contribution in [0.4, 0.5) is 0 Å². The number of hydrogen-bond acceptors (Lipinski definition) is 5. The van der Waals surface area contributed by atoms with Crippen molar-refractivity contribution < 1.29 is 4.42 Å². The third-order valence-electron chi connectivity index (χ3n) is 4.49. The normalized spacial score (nSPS) is 18.6. The molecule has 4 rings (SSSR count). The van der Waals surface area contributed by atoms with Crippen LogP contribution in [0.5, 0.6) is 0 Å². The fourth-order valence-corrected chi connectivity index (χ4v) is 3.80. The smallest absolute Gasteiger partial charge is 0.248 e. The van der Waals surface area contributed by atoms with E-state index >= 15 is 0 Å². The predicted octanol–water partition coefficient (Wildman–Crippen LogP) is 4.44. The lowest BCUT2D eigenvalue weighted by Crippen LogP contribution is -2.23. The molecule has 1 aliphatic rings. The molecule has 4 nitrogen and oxygen atoms in total. The number of aromatic nitrogens is 2. The average Bonchev–Trinajstić information content (AvgIpc) is 3.30. The Morgan fingerprint density at radius 3 is 3.00 bits per heavy atom. The highest BCUT2D eigenvalue weighted by Crippen LogP contribution is 2.34. The highest BCUT2D eigenvalue weighted by Gasteiger charge is 2.30. The van der Waals surface area contributed by atoms with E-state index in [0.717, 1.165) is 31.0 Å². The first-order valence-corrected chi connectivity index (χ1v) is 8.90. The number of thiophene rings is 1. The van der Waals surface area contributed by atoms with Gasteiger partial charge in [0.25, 0.3) is 0 Å². The molecule has 0 N–H and O–H groups in total. The first kappa shape index (κ1) is 14.6. The van der Waals surface area contributed by atoms with E-state index in [1.807, 2.05) is 16.8 Å². The van der Waals surface area contributed by atoms with E-state index < -0.39 is 0 Å². The second kappa shape index (κ2) is 6.26. The summed E-state index contributed by atoms with van der Waals surface area (Å²) in [6, 6.07) is 10.8. The third kappa shape index (κ3) is 2.94. The van der Waals surface area contributed by atoms with E-state index in [2.05, 4.69) is 46.3 Å². The molecule has 0 spiro atoms. The minimum atomic E-state index is 0.231. The summed E-state index contributed by atoms with van der Waals surface area (Å²) >= 11 is 1.64. The molecule has 1 atom stereocenters. The Kier molecular flexibility index (Phi) is 3.97. The second-order valence-electron chi connectivity index (χ2n) is 6.01. The molecule has 1 aromatic carbocycles. The molecular weight excluding hydrogens is 306 g/mol. The van der Waals surface area contributed by atoms with E-state index in [0.29, 0.717) is 5.89 Å². The summed E-state index contributed by atoms with van der Waals surface area (Å²) in [5.74, 6) is 1.38. The minimum Gasteiger partial charge on any atom is -0.419 e. The Morgan fingerprint density at radius 2 is 2.17 bits per heavy atom. The van der Waals surface area contributed by atoms with Crippen LogP contribution in [0, 0.1) is 6.92 Å². The van der Waals surface area contributed by atoms with E-state index in [4.69, 9.17) is 4.42 Å². The van der Waals surface area contributed by atoms with Crippen LogP contribution >= 0.6 is 11.3 Å². The molecule has 5 heteroatoms. The third-order valence-corrected chi connectivity index (χ3v) is 5.18. The van der Waals surface area contributed by atoms with Crippen LogP contribution in [-0.2, 0) is 6.54 Å². The highest BCUT2D eigenvalue weighted by atomic mass is 32.1. The van der Waals surface area contributed by atoms with Crippen molar-refractivity contribution in [1.82, 2.24) is 15.1 Å². The molecule has 0 radical (unpaired) electrons. The van der Waals surface area contributed by atoms with Crippen LogP contribution < -0.4 is 0 Å². The van der Waals surface area contributed by atoms with E-state index in [1.54, 1.807) is 11.3 Å². The Bertz CT molecular complexity index is 781. The summed E-state index contributed by atoms with van der Waals surface area (Å²) in [5.41, 5.74) is 3.72. The van der Waals surface area contributed by atoms with Crippen LogP contribution in [0.1, 0.15) is 35.9 Å². The second-order valence-corrected chi connectivity index (χ2v) is 6.79. The zero-order valence-electron chi connectivity index (χ0n) is 13.1. The minimum absolute atomic E-state index is 0.231. The summed E-state index contributed by atoms with van der Waals surface area (Å²) in [4.78, 5) is 2.45. The van der Waals surface area contributed by atoms with Crippen LogP contribution in [0.2, 0.25) is 0 Å². The van der Waals surface area contributed by atoms with Crippen molar-refractivity contribution in [3.05, 3.63) is 58.1 Å². The summed E-state index contributed by atoms with van der Waals surface area (Å²) in [6.45, 7) is 4.18. The van der Waals surface area contributed by atoms with Gasteiger partial charge >= 0.3 is 0 Å². The molecule has 3 aromatic rings. The summed E-state index contributed by atoms with van der Waals surface area (Å²) in [6.07, 6.45) is 2.25. The van der Waals surface area contributed by atoms with Crippen molar-refractivity contribution in [3.8, 4) is 11.5 Å². The number of nitrogens with zero attached hydrogens (tertiary/aromatic N) is 3. The molecule has 3 heterocycles. The van der Waals surface area contributed by atoms with Crippen molar-refractivity contribution in [2.75, 3.05) is 6.54 Å². The van der Waals surface area contributed by atoms with E-state index in [9.17, 15) is 0 Å². The van der Waals surface area contributed by atoms with Gasteiger partial charge in [0.15, 0.2) is 0 Å². The maximum atomic E-state index is 5.95. The van der Waals surface area contributed by atoms with Gasteiger partial charge in [-0.2, -0.15) is 11.3 Å². The molecule has 1 unspecified atom stereocenters. The Labute approximate surface area is 139 Å². The maximum Gasteiger partial charge on any atom is 0.248 e. The van der Waals surface area contributed by atoms with E-state index in [-0.39, 0.29) is 6.04 Å². The number of rotatable bonds is 4. The van der Waals surface area contributed by atoms with E-state index in [1.165, 1.54) is 17.5 Å². The van der Waals surface area contributed by atoms with Gasteiger partial charge in [-0.15, -0.1) is 10.2 Å². The van der Waals surface area contributed by atoms with Crippen LogP contribution in [0.15, 0.2) is 45.5 Å². The Morgan fingerprint density at radius 1 is 1.26 bits per heavy atom. The lowest BCUT2D eigenvalue weighted by Gasteiger charge is -2.22. The van der Waals surface area contributed by atoms with Gasteiger partial charge in [0.1, 0.15) is 0 Å². The largest absolute Gasteiger partial charge is 0.419 e. The number of likely N-dealkylation sites (tertiary alicyclic amines) is 1. The van der Waals surface area contributed by atoms with Crippen molar-refractivity contribution >= 4 is 11.3 Å². The van der Waals surface area contributed by atoms with Gasteiger partial charge in [-0.3, -0.25) is 4.90 Å². The number of benzene rings is 1. The predicted molar refractivity (Wildman–Crippen MR) is 91.2 cm³/mol. The average molecular weight is 325 g/mol. The van der Waals surface area contributed by atoms with Gasteiger partial charge in [0, 0.05) is 17.5 Å². The Hall–Kier alpha value is -1.98. The van der Waals surface area contributed by atoms with Gasteiger partial charge in [0.05, 0.1) is 6.04 Å². The van der Waals surface area contributed by atoms with Crippen molar-refractivity contribution in [3.63, 3.8) is 0 Å². The zero-order valence-corrected chi connectivity index (χ0v) is 13.9. The van der Waals surface area contributed by atoms with Crippen molar-refractivity contribution in [1.29, 1.82) is 0 Å². The topological polar surface area (TPSA) is 42.2 Å². The highest BCUT2D eigenvalue weighted by molar-refractivity contribution is 7.08. The molecule has 23 heavy (non-hydrogen) atoms. The maximum absolute atomic E-state index is 5.95. The summed E-state index contributed by atoms with van der Waals surface area (Å²) in [7, 11) is 0. The standard InChI is InChI=1S/C18H19N3OS/c1-13-5-2-3-6-14(13)11-21-9-4-7-16(21)18-20-19-17(22-18)15-8-10-23-12-15/h2-3,5-6,8,10,12,16H,4,7,9,11H2,1H3. The molecule has 1 fully saturated rings. The molecule has 0 bridgehead atoms. The molecule has 0 saturated carbocycles. The van der Waals surface area contributed by atoms with Crippen molar-refractivity contribution in [2.24, 2.45) is 0 Å². The lowest BCUT2D eigenvalue weighted by atomic mass is 10.1. The molecule has 0 amide bonds. The summed E-state index contributed by atoms with van der Waals surface area (Å²) < 4.78 is 5.95. The van der Waals surface area contributed by atoms with Crippen molar-refractivity contribution in [2.45, 2.75) is 32.4 Å². The SMILES string of the molecule is Cc1ccccc1CN1CCCC1c1nnc(-c2ccsc2)o1. The molecule has 1 aliphatic heterocycles. The molecular formula is C18H19N3OS. The zero-order chi connectivity index (χ0) is 15.6. The fraction of sp³-hybridized carbons (Fsp3) is 0.333. The summed E-state index contributed by atoms with van der Waals surface area (Å²) in [5, 5.41) is 12.6. The molecule has 0 aliphatic carbocycles. The first-order chi connectivity index (χ1) is 11.3. The molecule has 2 aromatic heterocycles. The van der Waals surface area contributed by atoms with Gasteiger partial charge in [-0.05, 0) is 48.9 Å². The van der Waals surface area contributed by atoms with Crippen LogP contribution in [-0.4, -0.2) is 21.6 Å². The Balaban J connectivity index is 1.55. The van der Waals surface area contributed by atoms with Crippen LogP contribution in [0.3, 0.4) is 0 Å². The van der Waals surface area contributed by atoms with Gasteiger partial charge in [0.2, 0.25) is 11.8 Å².